The van der Waals surface area contributed by atoms with Crippen LogP contribution in [0.15, 0.2) is 61.4 Å². The molecular formula is C36H43N7O4. The van der Waals surface area contributed by atoms with Crippen molar-refractivity contribution in [1.29, 1.82) is 0 Å². The number of hydrogen-bond donors (Lipinski definition) is 2. The van der Waals surface area contributed by atoms with Crippen LogP contribution in [0.2, 0.25) is 0 Å². The van der Waals surface area contributed by atoms with Crippen molar-refractivity contribution < 1.29 is 19.1 Å². The van der Waals surface area contributed by atoms with Gasteiger partial charge in [0, 0.05) is 68.2 Å². The number of aromatic nitrogens is 3. The van der Waals surface area contributed by atoms with Gasteiger partial charge in [-0.25, -0.2) is 14.8 Å². The fourth-order valence-corrected chi connectivity index (χ4v) is 7.15. The molecule has 0 bridgehead atoms. The summed E-state index contributed by atoms with van der Waals surface area (Å²) in [6.07, 6.45) is 6.58. The molecule has 1 saturated carbocycles. The number of methoxy groups -OCH3 is 1. The molecule has 6 rings (SSSR count). The Morgan fingerprint density at radius 1 is 1.11 bits per heavy atom. The second-order valence-corrected chi connectivity index (χ2v) is 12.9. The molecule has 2 fully saturated rings. The van der Waals surface area contributed by atoms with Crippen molar-refractivity contribution in [3.8, 4) is 17.0 Å². The zero-order valence-corrected chi connectivity index (χ0v) is 27.9. The maximum absolute atomic E-state index is 13.2. The van der Waals surface area contributed by atoms with Crippen molar-refractivity contribution in [3.63, 3.8) is 0 Å². The van der Waals surface area contributed by atoms with Crippen LogP contribution in [0.1, 0.15) is 37.0 Å². The summed E-state index contributed by atoms with van der Waals surface area (Å²) in [5, 5.41) is 7.23. The number of esters is 1. The molecule has 1 aliphatic heterocycles. The number of ether oxygens (including phenoxy) is 2. The Bertz CT molecular complexity index is 1820. The zero-order chi connectivity index (χ0) is 33.4. The SMILES string of the molecule is C=CC(=O)Nc1cc(Nc2ncc(C(=O)OC(C)C)c(-c3cn(C)c4ccccc34)n2)c(OC)cc1N(C)C1C[C@@H]2CN(C)C[C@@H]2C1. The molecule has 2 aromatic heterocycles. The number of carbonyl (C=O) groups is 2. The van der Waals surface area contributed by atoms with Gasteiger partial charge in [0.05, 0.1) is 36.0 Å². The molecule has 11 nitrogen and oxygen atoms in total. The third-order valence-corrected chi connectivity index (χ3v) is 9.35. The van der Waals surface area contributed by atoms with Gasteiger partial charge < -0.3 is 34.5 Å². The highest BCUT2D eigenvalue weighted by Crippen LogP contribution is 2.44. The highest BCUT2D eigenvalue weighted by molar-refractivity contribution is 6.04. The van der Waals surface area contributed by atoms with Gasteiger partial charge in [-0.1, -0.05) is 24.8 Å². The van der Waals surface area contributed by atoms with Gasteiger partial charge >= 0.3 is 5.97 Å². The summed E-state index contributed by atoms with van der Waals surface area (Å²) in [4.78, 5) is 39.9. The molecule has 0 radical (unpaired) electrons. The smallest absolute Gasteiger partial charge is 0.342 e. The lowest BCUT2D eigenvalue weighted by atomic mass is 10.0. The lowest BCUT2D eigenvalue weighted by Gasteiger charge is -2.31. The monoisotopic (exact) mass is 637 g/mol. The first-order valence-electron chi connectivity index (χ1n) is 16.0. The van der Waals surface area contributed by atoms with Crippen LogP contribution in [0, 0.1) is 11.8 Å². The number of nitrogens with zero attached hydrogens (tertiary/aromatic N) is 5. The van der Waals surface area contributed by atoms with E-state index in [-0.39, 0.29) is 23.5 Å². The van der Waals surface area contributed by atoms with Gasteiger partial charge in [0.15, 0.2) is 0 Å². The number of fused-ring (bicyclic) bond motifs is 2. The van der Waals surface area contributed by atoms with E-state index >= 15 is 0 Å². The molecule has 4 aromatic rings. The molecule has 3 atom stereocenters. The van der Waals surface area contributed by atoms with Crippen molar-refractivity contribution in [2.24, 2.45) is 18.9 Å². The summed E-state index contributed by atoms with van der Waals surface area (Å²) in [6.45, 7) is 9.50. The van der Waals surface area contributed by atoms with Crippen LogP contribution in [-0.4, -0.2) is 77.8 Å². The van der Waals surface area contributed by atoms with Crippen molar-refractivity contribution in [2.45, 2.75) is 38.8 Å². The summed E-state index contributed by atoms with van der Waals surface area (Å²) >= 11 is 0. The van der Waals surface area contributed by atoms with Gasteiger partial charge in [0.2, 0.25) is 11.9 Å². The third kappa shape index (κ3) is 6.40. The minimum absolute atomic E-state index is 0.252. The number of nitrogens with one attached hydrogen (secondary N) is 2. The average Bonchev–Trinajstić information content (AvgIpc) is 3.71. The molecular weight excluding hydrogens is 594 g/mol. The van der Waals surface area contributed by atoms with Crippen LogP contribution >= 0.6 is 0 Å². The standard InChI is InChI=1S/C36H43N7O4/c1-8-33(44)38-28-15-29(32(46-7)16-31(28)43(6)24-13-22-18-41(4)19-23(22)14-24)39-36-37-17-26(35(45)47-21(2)3)34(40-36)27-20-42(5)30-12-10-9-11-25(27)30/h8-12,15-17,20-24H,1,13-14,18-19H2,2-7H3,(H,38,44)(H,37,39,40)/t22-,23+,24?. The zero-order valence-electron chi connectivity index (χ0n) is 27.9. The molecule has 1 aliphatic carbocycles. The van der Waals surface area contributed by atoms with E-state index in [2.05, 4.69) is 46.1 Å². The second-order valence-electron chi connectivity index (χ2n) is 12.9. The molecule has 11 heteroatoms. The molecule has 2 aromatic carbocycles. The number of para-hydroxylation sites is 1. The quantitative estimate of drug-likeness (QED) is 0.163. The van der Waals surface area contributed by atoms with E-state index in [0.717, 1.165) is 48.1 Å². The van der Waals surface area contributed by atoms with E-state index in [1.54, 1.807) is 21.0 Å². The summed E-state index contributed by atoms with van der Waals surface area (Å²) in [6, 6.07) is 12.0. The summed E-state index contributed by atoms with van der Waals surface area (Å²) in [5.41, 5.74) is 4.50. The van der Waals surface area contributed by atoms with Gasteiger partial charge in [-0.05, 0) is 63.8 Å². The average molecular weight is 638 g/mol. The molecule has 1 unspecified atom stereocenters. The van der Waals surface area contributed by atoms with E-state index in [9.17, 15) is 9.59 Å². The minimum Gasteiger partial charge on any atom is -0.494 e. The summed E-state index contributed by atoms with van der Waals surface area (Å²) < 4.78 is 13.4. The van der Waals surface area contributed by atoms with Crippen LogP contribution in [-0.2, 0) is 16.6 Å². The molecule has 3 heterocycles. The molecule has 0 spiro atoms. The van der Waals surface area contributed by atoms with Crippen LogP contribution in [0.4, 0.5) is 23.0 Å². The number of anilines is 4. The number of amides is 1. The van der Waals surface area contributed by atoms with E-state index < -0.39 is 5.97 Å². The van der Waals surface area contributed by atoms with Crippen molar-refractivity contribution in [2.75, 3.05) is 49.8 Å². The van der Waals surface area contributed by atoms with Gasteiger partial charge in [0.25, 0.3) is 0 Å². The Morgan fingerprint density at radius 3 is 2.51 bits per heavy atom. The fourth-order valence-electron chi connectivity index (χ4n) is 7.15. The van der Waals surface area contributed by atoms with E-state index in [0.29, 0.717) is 40.7 Å². The van der Waals surface area contributed by atoms with Crippen LogP contribution in [0.3, 0.4) is 0 Å². The van der Waals surface area contributed by atoms with E-state index in [1.165, 1.54) is 12.3 Å². The predicted molar refractivity (Wildman–Crippen MR) is 186 cm³/mol. The highest BCUT2D eigenvalue weighted by atomic mass is 16.5. The Hall–Kier alpha value is -4.90. The number of hydrogen-bond acceptors (Lipinski definition) is 9. The topological polar surface area (TPSA) is 114 Å². The van der Waals surface area contributed by atoms with Crippen LogP contribution in [0.25, 0.3) is 22.2 Å². The highest BCUT2D eigenvalue weighted by Gasteiger charge is 2.41. The fraction of sp³-hybridized carbons (Fsp3) is 0.389. The Morgan fingerprint density at radius 2 is 1.83 bits per heavy atom. The van der Waals surface area contributed by atoms with Crippen molar-refractivity contribution >= 4 is 45.8 Å². The Kier molecular flexibility index (Phi) is 8.92. The van der Waals surface area contributed by atoms with Crippen molar-refractivity contribution in [3.05, 3.63) is 67.0 Å². The van der Waals surface area contributed by atoms with Crippen LogP contribution in [0.5, 0.6) is 5.75 Å². The van der Waals surface area contributed by atoms with Gasteiger partial charge in [-0.3, -0.25) is 4.79 Å². The Balaban J connectivity index is 1.39. The lowest BCUT2D eigenvalue weighted by Crippen LogP contribution is -2.32. The maximum Gasteiger partial charge on any atom is 0.342 e. The summed E-state index contributed by atoms with van der Waals surface area (Å²) in [5.74, 6) is 1.34. The number of carbonyl (C=O) groups excluding carboxylic acids is 2. The first-order valence-corrected chi connectivity index (χ1v) is 16.0. The maximum atomic E-state index is 13.2. The summed E-state index contributed by atoms with van der Waals surface area (Å²) in [7, 11) is 7.83. The number of aryl methyl sites for hydroxylation is 1. The van der Waals surface area contributed by atoms with Crippen LogP contribution < -0.4 is 20.3 Å². The number of rotatable bonds is 10. The molecule has 1 amide bonds. The largest absolute Gasteiger partial charge is 0.494 e. The number of benzene rings is 2. The van der Waals surface area contributed by atoms with Gasteiger partial charge in [-0.2, -0.15) is 0 Å². The predicted octanol–water partition coefficient (Wildman–Crippen LogP) is 5.85. The van der Waals surface area contributed by atoms with Crippen molar-refractivity contribution in [1.82, 2.24) is 19.4 Å². The Labute approximate surface area is 275 Å². The van der Waals surface area contributed by atoms with E-state index in [4.69, 9.17) is 14.5 Å². The normalized spacial score (nSPS) is 19.1. The van der Waals surface area contributed by atoms with E-state index in [1.807, 2.05) is 54.2 Å². The molecule has 2 N–H and O–H groups in total. The molecule has 1 saturated heterocycles. The third-order valence-electron chi connectivity index (χ3n) is 9.35. The first-order chi connectivity index (χ1) is 22.6. The first kappa shape index (κ1) is 32.1. The van der Waals surface area contributed by atoms with Gasteiger partial charge in [0.1, 0.15) is 11.3 Å². The van der Waals surface area contributed by atoms with Gasteiger partial charge in [-0.15, -0.1) is 0 Å². The molecule has 2 aliphatic rings. The number of likely N-dealkylation sites (tertiary alicyclic amines) is 1. The molecule has 47 heavy (non-hydrogen) atoms. The second kappa shape index (κ2) is 13.1. The minimum atomic E-state index is -0.503. The molecule has 246 valence electrons. The lowest BCUT2D eigenvalue weighted by molar-refractivity contribution is -0.111.